The fourth-order valence-corrected chi connectivity index (χ4v) is 2.82. The molecule has 0 bridgehead atoms. The predicted molar refractivity (Wildman–Crippen MR) is 107 cm³/mol. The number of carbonyl (C=O) groups is 1. The van der Waals surface area contributed by atoms with E-state index in [1.54, 1.807) is 12.1 Å². The lowest BCUT2D eigenvalue weighted by Gasteiger charge is -2.14. The molecule has 3 rings (SSSR count). The van der Waals surface area contributed by atoms with E-state index in [0.29, 0.717) is 41.7 Å². The first kappa shape index (κ1) is 18.8. The summed E-state index contributed by atoms with van der Waals surface area (Å²) in [5, 5.41) is 3.83. The maximum Gasteiger partial charge on any atom is 0.291 e. The van der Waals surface area contributed by atoms with Crippen molar-refractivity contribution in [1.82, 2.24) is 0 Å². The van der Waals surface area contributed by atoms with E-state index >= 15 is 0 Å². The van der Waals surface area contributed by atoms with Gasteiger partial charge in [-0.3, -0.25) is 4.79 Å². The minimum atomic E-state index is -0.285. The van der Waals surface area contributed by atoms with Crippen LogP contribution in [0.3, 0.4) is 0 Å². The van der Waals surface area contributed by atoms with E-state index in [1.807, 2.05) is 44.2 Å². The number of aryl methyl sites for hydroxylation is 1. The van der Waals surface area contributed by atoms with E-state index in [2.05, 4.69) is 12.2 Å². The van der Waals surface area contributed by atoms with E-state index in [-0.39, 0.29) is 5.91 Å². The number of hydrogen-bond acceptors (Lipinski definition) is 4. The molecular weight excluding hydrogens is 342 g/mol. The van der Waals surface area contributed by atoms with Gasteiger partial charge in [-0.1, -0.05) is 32.0 Å². The predicted octanol–water partition coefficient (Wildman–Crippen LogP) is 5.57. The van der Waals surface area contributed by atoms with Gasteiger partial charge in [0.15, 0.2) is 17.3 Å². The molecule has 0 saturated carbocycles. The number of amides is 1. The maximum atomic E-state index is 12.7. The molecule has 1 amide bonds. The van der Waals surface area contributed by atoms with Crippen molar-refractivity contribution < 1.29 is 18.7 Å². The van der Waals surface area contributed by atoms with Crippen molar-refractivity contribution >= 4 is 22.6 Å². The fourth-order valence-electron chi connectivity index (χ4n) is 2.82. The Morgan fingerprint density at radius 1 is 1.00 bits per heavy atom. The zero-order chi connectivity index (χ0) is 19.2. The van der Waals surface area contributed by atoms with E-state index in [0.717, 1.165) is 23.8 Å². The molecule has 0 aliphatic carbocycles. The lowest BCUT2D eigenvalue weighted by molar-refractivity contribution is 0.0998. The first-order chi connectivity index (χ1) is 13.1. The van der Waals surface area contributed by atoms with Crippen LogP contribution in [0.25, 0.3) is 11.0 Å². The molecule has 0 saturated heterocycles. The van der Waals surface area contributed by atoms with Gasteiger partial charge in [-0.05, 0) is 38.0 Å². The fraction of sp³-hybridized carbons (Fsp3) is 0.318. The Morgan fingerprint density at radius 2 is 1.70 bits per heavy atom. The van der Waals surface area contributed by atoms with Gasteiger partial charge >= 0.3 is 0 Å². The standard InChI is InChI=1S/C22H25NO4/c1-4-12-25-19-11-10-16(14-20(19)26-13-5-2)23-22(24)21-15(3)17-8-6-7-9-18(17)27-21/h6-11,14H,4-5,12-13H2,1-3H3,(H,23,24). The molecule has 0 spiro atoms. The van der Waals surface area contributed by atoms with Gasteiger partial charge in [0.2, 0.25) is 0 Å². The Hall–Kier alpha value is -2.95. The van der Waals surface area contributed by atoms with Crippen LogP contribution in [0.1, 0.15) is 42.8 Å². The van der Waals surface area contributed by atoms with Crippen molar-refractivity contribution in [3.63, 3.8) is 0 Å². The van der Waals surface area contributed by atoms with Crippen LogP contribution in [0.4, 0.5) is 5.69 Å². The van der Waals surface area contributed by atoms with Crippen LogP contribution < -0.4 is 14.8 Å². The molecule has 142 valence electrons. The van der Waals surface area contributed by atoms with Gasteiger partial charge in [0.1, 0.15) is 5.58 Å². The van der Waals surface area contributed by atoms with Crippen LogP contribution >= 0.6 is 0 Å². The van der Waals surface area contributed by atoms with Crippen LogP contribution in [0, 0.1) is 6.92 Å². The molecule has 3 aromatic rings. The molecule has 0 aliphatic heterocycles. The molecule has 1 heterocycles. The van der Waals surface area contributed by atoms with Gasteiger partial charge in [0, 0.05) is 22.7 Å². The number of hydrogen-bond donors (Lipinski definition) is 1. The van der Waals surface area contributed by atoms with E-state index in [4.69, 9.17) is 13.9 Å². The summed E-state index contributed by atoms with van der Waals surface area (Å²) >= 11 is 0. The Balaban J connectivity index is 1.82. The highest BCUT2D eigenvalue weighted by Gasteiger charge is 2.18. The van der Waals surface area contributed by atoms with Gasteiger partial charge in [-0.15, -0.1) is 0 Å². The maximum absolute atomic E-state index is 12.7. The normalized spacial score (nSPS) is 10.8. The molecule has 0 unspecified atom stereocenters. The molecule has 0 radical (unpaired) electrons. The van der Waals surface area contributed by atoms with E-state index in [9.17, 15) is 4.79 Å². The summed E-state index contributed by atoms with van der Waals surface area (Å²) in [4.78, 5) is 12.7. The number of rotatable bonds is 8. The lowest BCUT2D eigenvalue weighted by Crippen LogP contribution is -2.12. The summed E-state index contributed by atoms with van der Waals surface area (Å²) < 4.78 is 17.3. The largest absolute Gasteiger partial charge is 0.490 e. The molecular formula is C22H25NO4. The third-order valence-corrected chi connectivity index (χ3v) is 4.17. The van der Waals surface area contributed by atoms with Crippen molar-refractivity contribution in [2.24, 2.45) is 0 Å². The quantitative estimate of drug-likeness (QED) is 0.565. The van der Waals surface area contributed by atoms with Crippen molar-refractivity contribution in [1.29, 1.82) is 0 Å². The summed E-state index contributed by atoms with van der Waals surface area (Å²) in [5.41, 5.74) is 2.17. The van der Waals surface area contributed by atoms with Gasteiger partial charge in [0.25, 0.3) is 5.91 Å². The Labute approximate surface area is 159 Å². The lowest BCUT2D eigenvalue weighted by atomic mass is 10.1. The second kappa shape index (κ2) is 8.62. The smallest absolute Gasteiger partial charge is 0.291 e. The number of para-hydroxylation sites is 1. The molecule has 0 atom stereocenters. The van der Waals surface area contributed by atoms with Crippen LogP contribution in [0.5, 0.6) is 11.5 Å². The summed E-state index contributed by atoms with van der Waals surface area (Å²) in [7, 11) is 0. The van der Waals surface area contributed by atoms with Gasteiger partial charge in [-0.25, -0.2) is 0 Å². The molecule has 5 heteroatoms. The zero-order valence-electron chi connectivity index (χ0n) is 16.0. The minimum Gasteiger partial charge on any atom is -0.490 e. The molecule has 1 N–H and O–H groups in total. The first-order valence-corrected chi connectivity index (χ1v) is 9.33. The van der Waals surface area contributed by atoms with Crippen LogP contribution in [-0.2, 0) is 0 Å². The van der Waals surface area contributed by atoms with Crippen LogP contribution in [-0.4, -0.2) is 19.1 Å². The second-order valence-electron chi connectivity index (χ2n) is 6.36. The third-order valence-electron chi connectivity index (χ3n) is 4.17. The number of anilines is 1. The summed E-state index contributed by atoms with van der Waals surface area (Å²) in [5.74, 6) is 1.35. The Bertz CT molecular complexity index is 929. The average Bonchev–Trinajstić information content (AvgIpc) is 3.02. The van der Waals surface area contributed by atoms with Crippen molar-refractivity contribution in [3.8, 4) is 11.5 Å². The highest BCUT2D eigenvalue weighted by molar-refractivity contribution is 6.06. The van der Waals surface area contributed by atoms with Crippen molar-refractivity contribution in [2.45, 2.75) is 33.6 Å². The highest BCUT2D eigenvalue weighted by atomic mass is 16.5. The average molecular weight is 367 g/mol. The monoisotopic (exact) mass is 367 g/mol. The van der Waals surface area contributed by atoms with Gasteiger partial charge in [-0.2, -0.15) is 0 Å². The molecule has 0 aliphatic rings. The number of benzene rings is 2. The number of nitrogens with one attached hydrogen (secondary N) is 1. The number of ether oxygens (including phenoxy) is 2. The number of carbonyl (C=O) groups excluding carboxylic acids is 1. The SMILES string of the molecule is CCCOc1ccc(NC(=O)c2oc3ccccc3c2C)cc1OCCC. The van der Waals surface area contributed by atoms with Gasteiger partial charge < -0.3 is 19.2 Å². The Morgan fingerprint density at radius 3 is 2.41 bits per heavy atom. The topological polar surface area (TPSA) is 60.7 Å². The summed E-state index contributed by atoms with van der Waals surface area (Å²) in [6.07, 6.45) is 1.80. The Kier molecular flexibility index (Phi) is 6.01. The number of furan rings is 1. The van der Waals surface area contributed by atoms with E-state index in [1.165, 1.54) is 0 Å². The second-order valence-corrected chi connectivity index (χ2v) is 6.36. The summed E-state index contributed by atoms with van der Waals surface area (Å²) in [6, 6.07) is 13.0. The third kappa shape index (κ3) is 4.25. The zero-order valence-corrected chi connectivity index (χ0v) is 16.0. The molecule has 27 heavy (non-hydrogen) atoms. The molecule has 5 nitrogen and oxygen atoms in total. The summed E-state index contributed by atoms with van der Waals surface area (Å²) in [6.45, 7) is 7.19. The van der Waals surface area contributed by atoms with Crippen LogP contribution in [0.2, 0.25) is 0 Å². The van der Waals surface area contributed by atoms with Crippen LogP contribution in [0.15, 0.2) is 46.9 Å². The first-order valence-electron chi connectivity index (χ1n) is 9.33. The van der Waals surface area contributed by atoms with Crippen molar-refractivity contribution in [3.05, 3.63) is 53.8 Å². The van der Waals surface area contributed by atoms with E-state index < -0.39 is 0 Å². The van der Waals surface area contributed by atoms with Gasteiger partial charge in [0.05, 0.1) is 13.2 Å². The highest BCUT2D eigenvalue weighted by Crippen LogP contribution is 2.32. The molecule has 1 aromatic heterocycles. The number of fused-ring (bicyclic) bond motifs is 1. The van der Waals surface area contributed by atoms with Crippen molar-refractivity contribution in [2.75, 3.05) is 18.5 Å². The minimum absolute atomic E-state index is 0.285. The molecule has 0 fully saturated rings. The molecule has 2 aromatic carbocycles.